The van der Waals surface area contributed by atoms with Crippen molar-refractivity contribution in [3.63, 3.8) is 0 Å². The van der Waals surface area contributed by atoms with E-state index in [1.807, 2.05) is 12.1 Å². The van der Waals surface area contributed by atoms with Crippen molar-refractivity contribution in [1.82, 2.24) is 9.62 Å². The number of hydrogen-bond donors (Lipinski definition) is 1. The number of rotatable bonds is 3. The van der Waals surface area contributed by atoms with Crippen LogP contribution in [0.3, 0.4) is 0 Å². The molecule has 20 heavy (non-hydrogen) atoms. The van der Waals surface area contributed by atoms with Gasteiger partial charge in [-0.05, 0) is 38.1 Å². The van der Waals surface area contributed by atoms with E-state index < -0.39 is 10.0 Å². The molecule has 1 fully saturated rings. The second-order valence-corrected chi connectivity index (χ2v) is 7.81. The SMILES string of the molecule is CC1CN(c2ccc(S(=O)(=O)N(C)C)cc2)CC(C)N1. The summed E-state index contributed by atoms with van der Waals surface area (Å²) in [6.07, 6.45) is 0. The lowest BCUT2D eigenvalue weighted by atomic mass is 10.1. The Morgan fingerprint density at radius 1 is 1.10 bits per heavy atom. The van der Waals surface area contributed by atoms with Crippen LogP contribution >= 0.6 is 0 Å². The number of benzene rings is 1. The van der Waals surface area contributed by atoms with Crippen molar-refractivity contribution in [1.29, 1.82) is 0 Å². The number of piperazine rings is 1. The standard InChI is InChI=1S/C14H23N3O2S/c1-11-9-17(10-12(2)15-11)13-5-7-14(8-6-13)20(18,19)16(3)4/h5-8,11-12,15H,9-10H2,1-4H3. The summed E-state index contributed by atoms with van der Waals surface area (Å²) in [5, 5.41) is 3.49. The molecule has 0 bridgehead atoms. The molecule has 1 N–H and O–H groups in total. The third-order valence-electron chi connectivity index (χ3n) is 3.54. The molecule has 0 aliphatic carbocycles. The fraction of sp³-hybridized carbons (Fsp3) is 0.571. The highest BCUT2D eigenvalue weighted by Crippen LogP contribution is 2.21. The van der Waals surface area contributed by atoms with Crippen LogP contribution in [0.5, 0.6) is 0 Å². The minimum absolute atomic E-state index is 0.336. The second kappa shape index (κ2) is 5.71. The predicted octanol–water partition coefficient (Wildman–Crippen LogP) is 1.12. The van der Waals surface area contributed by atoms with Gasteiger partial charge in [-0.1, -0.05) is 0 Å². The van der Waals surface area contributed by atoms with Crippen LogP contribution in [0.15, 0.2) is 29.2 Å². The van der Waals surface area contributed by atoms with Crippen molar-refractivity contribution in [2.45, 2.75) is 30.8 Å². The van der Waals surface area contributed by atoms with Gasteiger partial charge in [-0.15, -0.1) is 0 Å². The van der Waals surface area contributed by atoms with Gasteiger partial charge in [0, 0.05) is 45.0 Å². The molecule has 2 atom stereocenters. The maximum atomic E-state index is 12.0. The first-order valence-corrected chi connectivity index (χ1v) is 8.28. The molecule has 2 unspecified atom stereocenters. The van der Waals surface area contributed by atoms with Gasteiger partial charge in [0.2, 0.25) is 10.0 Å². The quantitative estimate of drug-likeness (QED) is 0.908. The van der Waals surface area contributed by atoms with E-state index in [1.54, 1.807) is 26.2 Å². The van der Waals surface area contributed by atoms with Gasteiger partial charge in [0.25, 0.3) is 0 Å². The van der Waals surface area contributed by atoms with Crippen LogP contribution in [0, 0.1) is 0 Å². The minimum atomic E-state index is -3.34. The van der Waals surface area contributed by atoms with Crippen LogP contribution in [0.2, 0.25) is 0 Å². The molecule has 1 aliphatic rings. The smallest absolute Gasteiger partial charge is 0.242 e. The Kier molecular flexibility index (Phi) is 4.36. The molecule has 0 saturated carbocycles. The van der Waals surface area contributed by atoms with Crippen molar-refractivity contribution in [2.75, 3.05) is 32.1 Å². The van der Waals surface area contributed by atoms with Crippen LogP contribution in [0.25, 0.3) is 0 Å². The highest BCUT2D eigenvalue weighted by molar-refractivity contribution is 7.89. The van der Waals surface area contributed by atoms with E-state index in [0.29, 0.717) is 17.0 Å². The topological polar surface area (TPSA) is 52.7 Å². The summed E-state index contributed by atoms with van der Waals surface area (Å²) < 4.78 is 25.3. The Hall–Kier alpha value is -1.11. The molecule has 5 nitrogen and oxygen atoms in total. The summed E-state index contributed by atoms with van der Waals surface area (Å²) in [5.74, 6) is 0. The zero-order valence-electron chi connectivity index (χ0n) is 12.5. The van der Waals surface area contributed by atoms with E-state index in [0.717, 1.165) is 18.8 Å². The van der Waals surface area contributed by atoms with Gasteiger partial charge in [0.1, 0.15) is 0 Å². The van der Waals surface area contributed by atoms with Crippen molar-refractivity contribution in [3.8, 4) is 0 Å². The van der Waals surface area contributed by atoms with Crippen LogP contribution in [0.4, 0.5) is 5.69 Å². The molecule has 1 heterocycles. The molecular weight excluding hydrogens is 274 g/mol. The largest absolute Gasteiger partial charge is 0.368 e. The van der Waals surface area contributed by atoms with Gasteiger partial charge in [-0.3, -0.25) is 0 Å². The number of anilines is 1. The Morgan fingerprint density at radius 3 is 2.05 bits per heavy atom. The molecule has 0 amide bonds. The van der Waals surface area contributed by atoms with Gasteiger partial charge in [0.05, 0.1) is 4.90 Å². The molecule has 0 aromatic heterocycles. The first-order chi connectivity index (χ1) is 9.30. The molecule has 0 spiro atoms. The van der Waals surface area contributed by atoms with Gasteiger partial charge in [-0.2, -0.15) is 0 Å². The van der Waals surface area contributed by atoms with E-state index >= 15 is 0 Å². The number of hydrogen-bond acceptors (Lipinski definition) is 4. The van der Waals surface area contributed by atoms with Crippen LogP contribution in [-0.2, 0) is 10.0 Å². The average molecular weight is 297 g/mol. The first kappa shape index (κ1) is 15.3. The lowest BCUT2D eigenvalue weighted by Gasteiger charge is -2.37. The fourth-order valence-corrected chi connectivity index (χ4v) is 3.48. The lowest BCUT2D eigenvalue weighted by molar-refractivity contribution is 0.407. The minimum Gasteiger partial charge on any atom is -0.368 e. The molecular formula is C14H23N3O2S. The monoisotopic (exact) mass is 297 g/mol. The Balaban J connectivity index is 2.20. The summed E-state index contributed by atoms with van der Waals surface area (Å²) in [6, 6.07) is 8.01. The van der Waals surface area contributed by atoms with E-state index in [-0.39, 0.29) is 0 Å². The highest BCUT2D eigenvalue weighted by Gasteiger charge is 2.22. The summed E-state index contributed by atoms with van der Waals surface area (Å²) in [5.41, 5.74) is 1.07. The Labute approximate surface area is 121 Å². The first-order valence-electron chi connectivity index (χ1n) is 6.84. The van der Waals surface area contributed by atoms with E-state index in [4.69, 9.17) is 0 Å². The van der Waals surface area contributed by atoms with Gasteiger partial charge in [-0.25, -0.2) is 12.7 Å². The van der Waals surface area contributed by atoms with Gasteiger partial charge < -0.3 is 10.2 Å². The maximum Gasteiger partial charge on any atom is 0.242 e. The number of nitrogens with zero attached hydrogens (tertiary/aromatic N) is 2. The highest BCUT2D eigenvalue weighted by atomic mass is 32.2. The van der Waals surface area contributed by atoms with Crippen LogP contribution in [-0.4, -0.2) is 52.0 Å². The average Bonchev–Trinajstić information content (AvgIpc) is 2.37. The summed E-state index contributed by atoms with van der Waals surface area (Å²) in [7, 11) is -0.254. The molecule has 6 heteroatoms. The third kappa shape index (κ3) is 3.13. The van der Waals surface area contributed by atoms with E-state index in [9.17, 15) is 8.42 Å². The predicted molar refractivity (Wildman–Crippen MR) is 81.6 cm³/mol. The normalized spacial score (nSPS) is 24.1. The van der Waals surface area contributed by atoms with E-state index in [1.165, 1.54) is 4.31 Å². The maximum absolute atomic E-state index is 12.0. The van der Waals surface area contributed by atoms with Crippen molar-refractivity contribution in [3.05, 3.63) is 24.3 Å². The van der Waals surface area contributed by atoms with Crippen LogP contribution in [0.1, 0.15) is 13.8 Å². The zero-order valence-corrected chi connectivity index (χ0v) is 13.3. The van der Waals surface area contributed by atoms with Gasteiger partial charge >= 0.3 is 0 Å². The molecule has 1 aromatic carbocycles. The Morgan fingerprint density at radius 2 is 1.60 bits per heavy atom. The molecule has 1 saturated heterocycles. The molecule has 1 aliphatic heterocycles. The summed E-state index contributed by atoms with van der Waals surface area (Å²) in [4.78, 5) is 2.63. The van der Waals surface area contributed by atoms with E-state index in [2.05, 4.69) is 24.1 Å². The number of sulfonamides is 1. The second-order valence-electron chi connectivity index (χ2n) is 5.66. The Bertz CT molecular complexity index is 544. The molecule has 1 aromatic rings. The molecule has 2 rings (SSSR count). The summed E-state index contributed by atoms with van der Waals surface area (Å²) >= 11 is 0. The van der Waals surface area contributed by atoms with Gasteiger partial charge in [0.15, 0.2) is 0 Å². The number of nitrogens with one attached hydrogen (secondary N) is 1. The summed E-state index contributed by atoms with van der Waals surface area (Å²) in [6.45, 7) is 6.19. The molecule has 0 radical (unpaired) electrons. The fourth-order valence-electron chi connectivity index (χ4n) is 2.58. The third-order valence-corrected chi connectivity index (χ3v) is 5.37. The van der Waals surface area contributed by atoms with Crippen molar-refractivity contribution < 1.29 is 8.42 Å². The zero-order chi connectivity index (χ0) is 14.9. The van der Waals surface area contributed by atoms with Crippen molar-refractivity contribution in [2.24, 2.45) is 0 Å². The van der Waals surface area contributed by atoms with Crippen molar-refractivity contribution >= 4 is 15.7 Å². The lowest BCUT2D eigenvalue weighted by Crippen LogP contribution is -2.54. The molecule has 112 valence electrons. The van der Waals surface area contributed by atoms with Crippen LogP contribution < -0.4 is 10.2 Å².